The van der Waals surface area contributed by atoms with Gasteiger partial charge in [-0.05, 0) is 30.2 Å². The first-order valence-electron chi connectivity index (χ1n) is 7.03. The fourth-order valence-corrected chi connectivity index (χ4v) is 2.86. The number of rotatable bonds is 2. The zero-order chi connectivity index (χ0) is 15.9. The van der Waals surface area contributed by atoms with Crippen molar-refractivity contribution in [2.45, 2.75) is 6.92 Å². The largest absolute Gasteiger partial charge is 0.481 e. The molecule has 0 spiro atoms. The lowest BCUT2D eigenvalue weighted by Crippen LogP contribution is -2.30. The molecule has 1 aliphatic heterocycles. The number of carbonyl (C=O) groups excluding carboxylic acids is 1. The van der Waals surface area contributed by atoms with Crippen LogP contribution < -0.4 is 0 Å². The number of carbonyl (C=O) groups is 2. The lowest BCUT2D eigenvalue weighted by molar-refractivity contribution is -0.142. The number of amides is 1. The van der Waals surface area contributed by atoms with E-state index in [2.05, 4.69) is 4.98 Å². The summed E-state index contributed by atoms with van der Waals surface area (Å²) in [7, 11) is 0. The number of aromatic nitrogens is 1. The summed E-state index contributed by atoms with van der Waals surface area (Å²) in [6.07, 6.45) is 1.45. The number of benzene rings is 1. The molecule has 1 aliphatic rings. The highest BCUT2D eigenvalue weighted by atomic mass is 19.1. The van der Waals surface area contributed by atoms with Crippen molar-refractivity contribution in [1.82, 2.24) is 9.88 Å². The number of hydrogen-bond acceptors (Lipinski definition) is 3. The average Bonchev–Trinajstić information content (AvgIpc) is 2.88. The maximum Gasteiger partial charge on any atom is 0.308 e. The highest BCUT2D eigenvalue weighted by Gasteiger charge is 2.37. The molecule has 0 bridgehead atoms. The molecule has 1 aromatic heterocycles. The fraction of sp³-hybridized carbons (Fsp3) is 0.312. The zero-order valence-electron chi connectivity index (χ0n) is 12.0. The van der Waals surface area contributed by atoms with E-state index >= 15 is 0 Å². The standard InChI is InChI=1S/C16H15FN2O3/c1-9-7-19(8-13(9)16(21)22)15(20)11-4-10-5-12(17)2-3-14(10)18-6-11/h2-6,9,13H,7-8H2,1H3,(H,21,22)/t9-,13-/m1/s1. The molecule has 22 heavy (non-hydrogen) atoms. The summed E-state index contributed by atoms with van der Waals surface area (Å²) in [5.41, 5.74) is 0.951. The molecule has 1 aromatic carbocycles. The number of carboxylic acids is 1. The Bertz CT molecular complexity index is 762. The Hall–Kier alpha value is -2.50. The van der Waals surface area contributed by atoms with E-state index in [1.165, 1.54) is 23.2 Å². The van der Waals surface area contributed by atoms with Gasteiger partial charge in [-0.25, -0.2) is 4.39 Å². The zero-order valence-corrected chi connectivity index (χ0v) is 12.0. The number of halogens is 1. The van der Waals surface area contributed by atoms with Gasteiger partial charge in [0.2, 0.25) is 0 Å². The minimum Gasteiger partial charge on any atom is -0.481 e. The molecule has 1 N–H and O–H groups in total. The smallest absolute Gasteiger partial charge is 0.308 e. The van der Waals surface area contributed by atoms with Crippen molar-refractivity contribution in [3.8, 4) is 0 Å². The number of hydrogen-bond donors (Lipinski definition) is 1. The second-order valence-electron chi connectivity index (χ2n) is 5.69. The quantitative estimate of drug-likeness (QED) is 0.923. The highest BCUT2D eigenvalue weighted by molar-refractivity contribution is 5.97. The first-order chi connectivity index (χ1) is 10.5. The minimum absolute atomic E-state index is 0.0905. The Morgan fingerprint density at radius 1 is 1.32 bits per heavy atom. The van der Waals surface area contributed by atoms with Crippen molar-refractivity contribution < 1.29 is 19.1 Å². The Morgan fingerprint density at radius 3 is 2.77 bits per heavy atom. The highest BCUT2D eigenvalue weighted by Crippen LogP contribution is 2.25. The van der Waals surface area contributed by atoms with Gasteiger partial charge in [-0.1, -0.05) is 6.92 Å². The normalized spacial score (nSPS) is 21.3. The molecule has 114 valence electrons. The van der Waals surface area contributed by atoms with Gasteiger partial charge < -0.3 is 10.0 Å². The number of nitrogens with zero attached hydrogens (tertiary/aromatic N) is 2. The number of pyridine rings is 1. The summed E-state index contributed by atoms with van der Waals surface area (Å²) < 4.78 is 13.3. The van der Waals surface area contributed by atoms with Crippen LogP contribution in [0, 0.1) is 17.7 Å². The van der Waals surface area contributed by atoms with Gasteiger partial charge in [0, 0.05) is 24.7 Å². The summed E-state index contributed by atoms with van der Waals surface area (Å²) in [6, 6.07) is 5.78. The third-order valence-electron chi connectivity index (χ3n) is 4.11. The molecule has 1 fully saturated rings. The van der Waals surface area contributed by atoms with Gasteiger partial charge >= 0.3 is 5.97 Å². The Balaban J connectivity index is 1.88. The van der Waals surface area contributed by atoms with Crippen LogP contribution in [0.4, 0.5) is 4.39 Å². The maximum atomic E-state index is 13.3. The van der Waals surface area contributed by atoms with Gasteiger partial charge in [0.25, 0.3) is 5.91 Å². The fourth-order valence-electron chi connectivity index (χ4n) is 2.86. The molecule has 0 radical (unpaired) electrons. The summed E-state index contributed by atoms with van der Waals surface area (Å²) >= 11 is 0. The van der Waals surface area contributed by atoms with E-state index in [0.29, 0.717) is 23.0 Å². The van der Waals surface area contributed by atoms with Crippen LogP contribution in [0.15, 0.2) is 30.5 Å². The lowest BCUT2D eigenvalue weighted by atomic mass is 9.99. The molecule has 6 heteroatoms. The summed E-state index contributed by atoms with van der Waals surface area (Å²) in [5.74, 6) is -2.18. The Labute approximate surface area is 126 Å². The van der Waals surface area contributed by atoms with Gasteiger partial charge in [0.15, 0.2) is 0 Å². The number of carboxylic acid groups (broad SMARTS) is 1. The second kappa shape index (κ2) is 5.36. The van der Waals surface area contributed by atoms with E-state index in [9.17, 15) is 14.0 Å². The van der Waals surface area contributed by atoms with Gasteiger partial charge in [-0.2, -0.15) is 0 Å². The van der Waals surface area contributed by atoms with Crippen LogP contribution in [0.1, 0.15) is 17.3 Å². The molecule has 0 aliphatic carbocycles. The maximum absolute atomic E-state index is 13.3. The molecular formula is C16H15FN2O3. The molecule has 5 nitrogen and oxygen atoms in total. The van der Waals surface area contributed by atoms with Gasteiger partial charge in [0.05, 0.1) is 17.0 Å². The predicted octanol–water partition coefficient (Wildman–Crippen LogP) is 2.17. The van der Waals surface area contributed by atoms with Crippen LogP contribution in [0.3, 0.4) is 0 Å². The third-order valence-corrected chi connectivity index (χ3v) is 4.11. The van der Waals surface area contributed by atoms with Crippen molar-refractivity contribution in [3.05, 3.63) is 41.8 Å². The first kappa shape index (κ1) is 14.4. The monoisotopic (exact) mass is 302 g/mol. The molecule has 0 unspecified atom stereocenters. The van der Waals surface area contributed by atoms with Crippen molar-refractivity contribution in [3.63, 3.8) is 0 Å². The summed E-state index contributed by atoms with van der Waals surface area (Å²) in [6.45, 7) is 2.41. The van der Waals surface area contributed by atoms with E-state index in [4.69, 9.17) is 5.11 Å². The van der Waals surface area contributed by atoms with E-state index in [-0.39, 0.29) is 24.2 Å². The van der Waals surface area contributed by atoms with Crippen LogP contribution >= 0.6 is 0 Å². The molecule has 1 amide bonds. The van der Waals surface area contributed by atoms with E-state index in [0.717, 1.165) is 0 Å². The van der Waals surface area contributed by atoms with Gasteiger partial charge in [-0.3, -0.25) is 14.6 Å². The van der Waals surface area contributed by atoms with Gasteiger partial charge in [-0.15, -0.1) is 0 Å². The molecule has 1 saturated heterocycles. The van der Waals surface area contributed by atoms with E-state index < -0.39 is 11.9 Å². The molecule has 2 atom stereocenters. The van der Waals surface area contributed by atoms with Gasteiger partial charge in [0.1, 0.15) is 5.82 Å². The Kier molecular flexibility index (Phi) is 3.52. The van der Waals surface area contributed by atoms with Crippen molar-refractivity contribution in [2.75, 3.05) is 13.1 Å². The van der Waals surface area contributed by atoms with E-state index in [1.54, 1.807) is 12.1 Å². The third kappa shape index (κ3) is 2.52. The van der Waals surface area contributed by atoms with Crippen LogP contribution in [0.25, 0.3) is 10.9 Å². The Morgan fingerprint density at radius 2 is 2.09 bits per heavy atom. The van der Waals surface area contributed by atoms with Crippen molar-refractivity contribution in [2.24, 2.45) is 11.8 Å². The van der Waals surface area contributed by atoms with Crippen LogP contribution in [0.2, 0.25) is 0 Å². The number of likely N-dealkylation sites (tertiary alicyclic amines) is 1. The number of fused-ring (bicyclic) bond motifs is 1. The molecule has 0 saturated carbocycles. The van der Waals surface area contributed by atoms with Crippen LogP contribution in [0.5, 0.6) is 0 Å². The molecule has 2 heterocycles. The molecule has 2 aromatic rings. The molecule has 3 rings (SSSR count). The first-order valence-corrected chi connectivity index (χ1v) is 7.03. The van der Waals surface area contributed by atoms with Crippen molar-refractivity contribution in [1.29, 1.82) is 0 Å². The SMILES string of the molecule is C[C@@H]1CN(C(=O)c2cnc3ccc(F)cc3c2)C[C@H]1C(=O)O. The topological polar surface area (TPSA) is 70.5 Å². The van der Waals surface area contributed by atoms with Crippen LogP contribution in [-0.4, -0.2) is 40.0 Å². The van der Waals surface area contributed by atoms with Crippen molar-refractivity contribution >= 4 is 22.8 Å². The lowest BCUT2D eigenvalue weighted by Gasteiger charge is -2.16. The predicted molar refractivity (Wildman–Crippen MR) is 77.9 cm³/mol. The van der Waals surface area contributed by atoms with E-state index in [1.807, 2.05) is 6.92 Å². The molecular weight excluding hydrogens is 287 g/mol. The number of aliphatic carboxylic acids is 1. The minimum atomic E-state index is -0.887. The second-order valence-corrected chi connectivity index (χ2v) is 5.69. The summed E-state index contributed by atoms with van der Waals surface area (Å²) in [5, 5.41) is 9.68. The van der Waals surface area contributed by atoms with Crippen LogP contribution in [-0.2, 0) is 4.79 Å². The summed E-state index contributed by atoms with van der Waals surface area (Å²) in [4.78, 5) is 29.3. The average molecular weight is 302 g/mol.